The van der Waals surface area contributed by atoms with Gasteiger partial charge in [-0.25, -0.2) is 18.2 Å². The summed E-state index contributed by atoms with van der Waals surface area (Å²) >= 11 is 0. The maximum atomic E-state index is 12.6. The van der Waals surface area contributed by atoms with Gasteiger partial charge in [-0.1, -0.05) is 31.1 Å². The molecule has 0 atom stereocenters. The third kappa shape index (κ3) is 4.53. The predicted octanol–water partition coefficient (Wildman–Crippen LogP) is 4.37. The number of benzene rings is 1. The summed E-state index contributed by atoms with van der Waals surface area (Å²) in [5.74, 6) is 0. The number of H-pyrrole nitrogens is 1. The zero-order chi connectivity index (χ0) is 23.0. The highest BCUT2D eigenvalue weighted by Crippen LogP contribution is 2.31. The van der Waals surface area contributed by atoms with Crippen molar-refractivity contribution in [2.45, 2.75) is 43.0 Å². The van der Waals surface area contributed by atoms with Gasteiger partial charge in [0.25, 0.3) is 0 Å². The van der Waals surface area contributed by atoms with Crippen LogP contribution in [0.3, 0.4) is 0 Å². The smallest absolute Gasteiger partial charge is 0.317 e. The van der Waals surface area contributed by atoms with E-state index >= 15 is 0 Å². The Bertz CT molecular complexity index is 1320. The van der Waals surface area contributed by atoms with E-state index < -0.39 is 9.84 Å². The number of amides is 2. The average Bonchev–Trinajstić information content (AvgIpc) is 3.48. The number of urea groups is 1. The van der Waals surface area contributed by atoms with Crippen LogP contribution in [0.1, 0.15) is 37.7 Å². The largest absolute Gasteiger partial charge is 0.346 e. The number of rotatable bonds is 4. The Morgan fingerprint density at radius 3 is 2.58 bits per heavy atom. The molecule has 172 valence electrons. The minimum Gasteiger partial charge on any atom is -0.346 e. The Balaban J connectivity index is 1.36. The normalized spacial score (nSPS) is 17.4. The van der Waals surface area contributed by atoms with E-state index in [1.54, 1.807) is 18.3 Å². The summed E-state index contributed by atoms with van der Waals surface area (Å²) in [5.41, 5.74) is 4.96. The SMILES string of the molecule is CS(=O)(=O)c1ccc(-c2cnc3[nH]cc(C4=CCN(C(=O)NC5CCCC5)CC4)c3c2)cc1. The molecular formula is C25H28N4O3S. The summed E-state index contributed by atoms with van der Waals surface area (Å²) in [6, 6.07) is 9.33. The number of pyridine rings is 1. The first-order valence-corrected chi connectivity index (χ1v) is 13.3. The van der Waals surface area contributed by atoms with Crippen LogP contribution in [0.5, 0.6) is 0 Å². The first kappa shape index (κ1) is 21.7. The fourth-order valence-corrected chi connectivity index (χ4v) is 5.39. The van der Waals surface area contributed by atoms with Crippen molar-refractivity contribution in [1.82, 2.24) is 20.2 Å². The number of fused-ring (bicyclic) bond motifs is 1. The molecule has 2 N–H and O–H groups in total. The van der Waals surface area contributed by atoms with Crippen LogP contribution in [-0.2, 0) is 9.84 Å². The quantitative estimate of drug-likeness (QED) is 0.599. The maximum absolute atomic E-state index is 12.6. The van der Waals surface area contributed by atoms with E-state index in [1.807, 2.05) is 23.2 Å². The van der Waals surface area contributed by atoms with Gasteiger partial charge in [0.2, 0.25) is 0 Å². The van der Waals surface area contributed by atoms with Crippen molar-refractivity contribution in [2.75, 3.05) is 19.3 Å². The van der Waals surface area contributed by atoms with Gasteiger partial charge in [0.1, 0.15) is 5.65 Å². The highest BCUT2D eigenvalue weighted by Gasteiger charge is 2.23. The molecule has 7 nitrogen and oxygen atoms in total. The summed E-state index contributed by atoms with van der Waals surface area (Å²) < 4.78 is 23.5. The molecule has 0 bridgehead atoms. The molecule has 3 heterocycles. The van der Waals surface area contributed by atoms with Gasteiger partial charge < -0.3 is 15.2 Å². The van der Waals surface area contributed by atoms with Gasteiger partial charge in [0, 0.05) is 54.3 Å². The first-order valence-electron chi connectivity index (χ1n) is 11.4. The fourth-order valence-electron chi connectivity index (χ4n) is 4.76. The molecule has 1 aliphatic heterocycles. The molecule has 1 aliphatic carbocycles. The maximum Gasteiger partial charge on any atom is 0.317 e. The second-order valence-electron chi connectivity index (χ2n) is 8.98. The van der Waals surface area contributed by atoms with Crippen LogP contribution in [0.4, 0.5) is 4.79 Å². The van der Waals surface area contributed by atoms with Gasteiger partial charge in [0.15, 0.2) is 9.84 Å². The third-order valence-electron chi connectivity index (χ3n) is 6.67. The van der Waals surface area contributed by atoms with Crippen LogP contribution in [0, 0.1) is 0 Å². The molecule has 1 fully saturated rings. The van der Waals surface area contributed by atoms with Gasteiger partial charge in [-0.05, 0) is 48.6 Å². The van der Waals surface area contributed by atoms with Crippen molar-refractivity contribution < 1.29 is 13.2 Å². The minimum absolute atomic E-state index is 0.0395. The Morgan fingerprint density at radius 1 is 1.15 bits per heavy atom. The topological polar surface area (TPSA) is 95.2 Å². The van der Waals surface area contributed by atoms with Crippen molar-refractivity contribution in [3.8, 4) is 11.1 Å². The number of carbonyl (C=O) groups excluding carboxylic acids is 1. The van der Waals surface area contributed by atoms with E-state index in [0.29, 0.717) is 24.0 Å². The number of sulfone groups is 1. The molecule has 1 saturated carbocycles. The van der Waals surface area contributed by atoms with E-state index in [9.17, 15) is 13.2 Å². The molecule has 8 heteroatoms. The fraction of sp³-hybridized carbons (Fsp3) is 0.360. The number of hydrogen-bond donors (Lipinski definition) is 2. The standard InChI is InChI=1S/C25H28N4O3S/c1-33(31,32)21-8-6-17(7-9-21)19-14-22-23(16-27-24(22)26-15-19)18-10-12-29(13-11-18)25(30)28-20-4-2-3-5-20/h6-10,14-16,20H,2-5,11-13H2,1H3,(H,26,27)(H,28,30). The van der Waals surface area contributed by atoms with E-state index in [-0.39, 0.29) is 6.03 Å². The van der Waals surface area contributed by atoms with Crippen LogP contribution in [0.15, 0.2) is 53.7 Å². The second kappa shape index (κ2) is 8.67. The molecule has 2 amide bonds. The molecular weight excluding hydrogens is 436 g/mol. The molecule has 2 aliphatic rings. The zero-order valence-corrected chi connectivity index (χ0v) is 19.5. The Labute approximate surface area is 193 Å². The molecule has 33 heavy (non-hydrogen) atoms. The summed E-state index contributed by atoms with van der Waals surface area (Å²) in [7, 11) is -3.23. The Hall–Kier alpha value is -3.13. The van der Waals surface area contributed by atoms with Gasteiger partial charge in [-0.15, -0.1) is 0 Å². The number of aromatic amines is 1. The lowest BCUT2D eigenvalue weighted by molar-refractivity contribution is 0.199. The molecule has 1 aromatic carbocycles. The lowest BCUT2D eigenvalue weighted by Crippen LogP contribution is -2.45. The molecule has 0 saturated heterocycles. The van der Waals surface area contributed by atoms with E-state index in [0.717, 1.165) is 47.0 Å². The molecule has 2 aromatic heterocycles. The van der Waals surface area contributed by atoms with Crippen molar-refractivity contribution in [3.63, 3.8) is 0 Å². The van der Waals surface area contributed by atoms with Crippen LogP contribution in [-0.4, -0.2) is 54.7 Å². The number of aromatic nitrogens is 2. The number of nitrogens with one attached hydrogen (secondary N) is 2. The molecule has 3 aromatic rings. The van der Waals surface area contributed by atoms with Crippen LogP contribution in [0.2, 0.25) is 0 Å². The Kier molecular flexibility index (Phi) is 5.70. The third-order valence-corrected chi connectivity index (χ3v) is 7.80. The molecule has 0 unspecified atom stereocenters. The number of hydrogen-bond acceptors (Lipinski definition) is 4. The summed E-state index contributed by atoms with van der Waals surface area (Å²) in [4.78, 5) is 22.6. The summed E-state index contributed by atoms with van der Waals surface area (Å²) in [5, 5.41) is 4.19. The highest BCUT2D eigenvalue weighted by atomic mass is 32.2. The highest BCUT2D eigenvalue weighted by molar-refractivity contribution is 7.90. The average molecular weight is 465 g/mol. The molecule has 5 rings (SSSR count). The summed E-state index contributed by atoms with van der Waals surface area (Å²) in [6.45, 7) is 1.29. The van der Waals surface area contributed by atoms with E-state index in [4.69, 9.17) is 0 Å². The van der Waals surface area contributed by atoms with Crippen LogP contribution < -0.4 is 5.32 Å². The van der Waals surface area contributed by atoms with Crippen molar-refractivity contribution in [2.24, 2.45) is 0 Å². The van der Waals surface area contributed by atoms with E-state index in [2.05, 4.69) is 27.4 Å². The van der Waals surface area contributed by atoms with Crippen LogP contribution in [0.25, 0.3) is 27.7 Å². The van der Waals surface area contributed by atoms with Crippen molar-refractivity contribution in [1.29, 1.82) is 0 Å². The van der Waals surface area contributed by atoms with Gasteiger partial charge >= 0.3 is 6.03 Å². The number of carbonyl (C=O) groups is 1. The molecule has 0 radical (unpaired) electrons. The predicted molar refractivity (Wildman–Crippen MR) is 130 cm³/mol. The van der Waals surface area contributed by atoms with E-state index in [1.165, 1.54) is 24.7 Å². The van der Waals surface area contributed by atoms with Crippen molar-refractivity contribution >= 4 is 32.5 Å². The van der Waals surface area contributed by atoms with Gasteiger partial charge in [0.05, 0.1) is 4.90 Å². The first-order chi connectivity index (χ1) is 15.9. The monoisotopic (exact) mass is 464 g/mol. The lowest BCUT2D eigenvalue weighted by atomic mass is 9.98. The van der Waals surface area contributed by atoms with Crippen LogP contribution >= 0.6 is 0 Å². The van der Waals surface area contributed by atoms with Gasteiger partial charge in [-0.3, -0.25) is 0 Å². The minimum atomic E-state index is -3.23. The van der Waals surface area contributed by atoms with Gasteiger partial charge in [-0.2, -0.15) is 0 Å². The number of nitrogens with zero attached hydrogens (tertiary/aromatic N) is 2. The summed E-state index contributed by atoms with van der Waals surface area (Å²) in [6.07, 6.45) is 12.5. The lowest BCUT2D eigenvalue weighted by Gasteiger charge is -2.28. The zero-order valence-electron chi connectivity index (χ0n) is 18.7. The second-order valence-corrected chi connectivity index (χ2v) is 11.0. The molecule has 0 spiro atoms. The van der Waals surface area contributed by atoms with Crippen molar-refractivity contribution in [3.05, 3.63) is 54.4 Å². The Morgan fingerprint density at radius 2 is 1.91 bits per heavy atom.